The van der Waals surface area contributed by atoms with Crippen LogP contribution in [0.1, 0.15) is 0 Å². The second kappa shape index (κ2) is 5.12. The molecule has 0 aliphatic heterocycles. The summed E-state index contributed by atoms with van der Waals surface area (Å²) in [6.07, 6.45) is 0. The van der Waals surface area contributed by atoms with E-state index in [1.807, 2.05) is 0 Å². The minimum Gasteiger partial charge on any atom is -0.398 e. The van der Waals surface area contributed by atoms with Gasteiger partial charge >= 0.3 is 0 Å². The third-order valence-electron chi connectivity index (χ3n) is 2.91. The number of fused-ring (bicyclic) bond motifs is 1. The third kappa shape index (κ3) is 3.15. The molecule has 0 unspecified atom stereocenters. The number of anilines is 1. The average Bonchev–Trinajstić information content (AvgIpc) is 2.34. The van der Waals surface area contributed by atoms with Crippen molar-refractivity contribution in [3.8, 4) is 0 Å². The molecule has 2 aromatic rings. The first-order chi connectivity index (χ1) is 10.2. The van der Waals surface area contributed by atoms with Gasteiger partial charge in [-0.15, -0.1) is 0 Å². The van der Waals surface area contributed by atoms with Gasteiger partial charge in [-0.3, -0.25) is 13.7 Å². The molecule has 2 aromatic carbocycles. The molecule has 0 bridgehead atoms. The number of nitrogen functional groups attached to an aromatic ring is 1. The molecular weight excluding hydrogens is 374 g/mol. The Morgan fingerprint density at radius 2 is 1.17 bits per heavy atom. The fourth-order valence-electron chi connectivity index (χ4n) is 2.06. The molecule has 0 spiro atoms. The van der Waals surface area contributed by atoms with Crippen molar-refractivity contribution in [3.63, 3.8) is 0 Å². The minimum atomic E-state index is -5.31. The fourth-order valence-corrected chi connectivity index (χ4v) is 4.84. The zero-order valence-electron chi connectivity index (χ0n) is 10.9. The molecule has 0 aliphatic rings. The second-order valence-corrected chi connectivity index (χ2v) is 8.53. The normalized spacial score (nSPS) is 13.3. The quantitative estimate of drug-likeness (QED) is 0.419. The molecule has 5 N–H and O–H groups in total. The van der Waals surface area contributed by atoms with E-state index in [4.69, 9.17) is 10.3 Å². The Labute approximate surface area is 130 Å². The van der Waals surface area contributed by atoms with Gasteiger partial charge in [0.1, 0.15) is 14.7 Å². The van der Waals surface area contributed by atoms with Crippen molar-refractivity contribution < 1.29 is 38.9 Å². The maximum absolute atomic E-state index is 11.6. The number of hydrogen-bond donors (Lipinski definition) is 4. The third-order valence-corrected chi connectivity index (χ3v) is 5.77. The zero-order valence-corrected chi connectivity index (χ0v) is 13.4. The van der Waals surface area contributed by atoms with E-state index in [9.17, 15) is 34.4 Å². The molecule has 2 rings (SSSR count). The van der Waals surface area contributed by atoms with Gasteiger partial charge < -0.3 is 5.73 Å². The highest BCUT2D eigenvalue weighted by Gasteiger charge is 2.30. The molecule has 0 saturated heterocycles. The predicted octanol–water partition coefficient (Wildman–Crippen LogP) is 0.162. The summed E-state index contributed by atoms with van der Waals surface area (Å²) in [7, 11) is -15.5. The maximum atomic E-state index is 11.6. The highest BCUT2D eigenvalue weighted by atomic mass is 32.2. The molecule has 0 aliphatic carbocycles. The lowest BCUT2D eigenvalue weighted by Gasteiger charge is -2.13. The van der Waals surface area contributed by atoms with E-state index in [0.717, 1.165) is 18.2 Å². The monoisotopic (exact) mass is 383 g/mol. The largest absolute Gasteiger partial charge is 0.398 e. The first kappa shape index (κ1) is 17.6. The van der Waals surface area contributed by atoms with Gasteiger partial charge in [-0.1, -0.05) is 6.07 Å². The van der Waals surface area contributed by atoms with Gasteiger partial charge in [0.25, 0.3) is 30.4 Å². The maximum Gasteiger partial charge on any atom is 0.296 e. The van der Waals surface area contributed by atoms with E-state index in [-0.39, 0.29) is 11.1 Å². The molecule has 0 fully saturated rings. The van der Waals surface area contributed by atoms with Crippen LogP contribution in [-0.4, -0.2) is 38.9 Å². The topological polar surface area (TPSA) is 189 Å². The van der Waals surface area contributed by atoms with Gasteiger partial charge in [-0.2, -0.15) is 25.3 Å². The first-order valence-electron chi connectivity index (χ1n) is 5.52. The summed E-state index contributed by atoms with van der Waals surface area (Å²) in [6, 6.07) is 3.32. The standard InChI is InChI=1S/C10H9NO9S3/c11-6-2-4-7(21(12,13)14)9-5(6)1-3-8(22(15,16)17)10(9)23(18,19)20/h1-4H,11H2,(H,12,13,14)(H,15,16,17)(H,18,19,20). The smallest absolute Gasteiger partial charge is 0.296 e. The van der Waals surface area contributed by atoms with Crippen LogP contribution in [0.4, 0.5) is 5.69 Å². The van der Waals surface area contributed by atoms with Crippen molar-refractivity contribution in [3.05, 3.63) is 24.3 Å². The molecule has 0 amide bonds. The number of nitrogens with two attached hydrogens (primary N) is 1. The van der Waals surface area contributed by atoms with Crippen LogP contribution >= 0.6 is 0 Å². The molecule has 10 nitrogen and oxygen atoms in total. The Bertz CT molecular complexity index is 1130. The number of benzene rings is 2. The summed E-state index contributed by atoms with van der Waals surface area (Å²) in [5.74, 6) is 0. The van der Waals surface area contributed by atoms with Gasteiger partial charge in [-0.25, -0.2) is 0 Å². The zero-order chi connectivity index (χ0) is 17.8. The van der Waals surface area contributed by atoms with Gasteiger partial charge in [0.05, 0.1) is 0 Å². The summed E-state index contributed by atoms with van der Waals surface area (Å²) in [6.45, 7) is 0. The lowest BCUT2D eigenvalue weighted by atomic mass is 10.1. The Morgan fingerprint density at radius 3 is 1.61 bits per heavy atom. The fraction of sp³-hybridized carbons (Fsp3) is 0. The van der Waals surface area contributed by atoms with E-state index < -0.39 is 50.4 Å². The van der Waals surface area contributed by atoms with Crippen molar-refractivity contribution in [1.82, 2.24) is 0 Å². The summed E-state index contributed by atoms with van der Waals surface area (Å²) in [4.78, 5) is -3.67. The molecule has 0 aromatic heterocycles. The number of rotatable bonds is 3. The van der Waals surface area contributed by atoms with Gasteiger partial charge in [-0.05, 0) is 18.2 Å². The number of hydrogen-bond acceptors (Lipinski definition) is 7. The molecule has 23 heavy (non-hydrogen) atoms. The van der Waals surface area contributed by atoms with Gasteiger partial charge in [0, 0.05) is 16.5 Å². The molecule has 0 atom stereocenters. The molecule has 13 heteroatoms. The SMILES string of the molecule is Nc1ccc(S(=O)(=O)O)c2c(S(=O)(=O)O)c(S(=O)(=O)O)ccc12. The second-order valence-electron chi connectivity index (χ2n) is 4.39. The molecule has 0 heterocycles. The molecule has 126 valence electrons. The summed E-state index contributed by atoms with van der Waals surface area (Å²) in [5.41, 5.74) is 5.42. The van der Waals surface area contributed by atoms with Gasteiger partial charge in [0.2, 0.25) is 0 Å². The van der Waals surface area contributed by atoms with Crippen LogP contribution < -0.4 is 5.73 Å². The van der Waals surface area contributed by atoms with Crippen molar-refractivity contribution in [1.29, 1.82) is 0 Å². The first-order valence-corrected chi connectivity index (χ1v) is 9.84. The van der Waals surface area contributed by atoms with E-state index in [1.165, 1.54) is 0 Å². The van der Waals surface area contributed by atoms with Crippen LogP contribution in [0.15, 0.2) is 39.0 Å². The van der Waals surface area contributed by atoms with Crippen LogP contribution in [-0.2, 0) is 30.4 Å². The Kier molecular flexibility index (Phi) is 3.91. The van der Waals surface area contributed by atoms with E-state index >= 15 is 0 Å². The average molecular weight is 383 g/mol. The minimum absolute atomic E-state index is 0.154. The Balaban J connectivity index is 3.33. The van der Waals surface area contributed by atoms with Gasteiger partial charge in [0.15, 0.2) is 0 Å². The highest BCUT2D eigenvalue weighted by Crippen LogP contribution is 2.36. The van der Waals surface area contributed by atoms with Crippen LogP contribution in [0.25, 0.3) is 10.8 Å². The Morgan fingerprint density at radius 1 is 0.696 bits per heavy atom. The van der Waals surface area contributed by atoms with Crippen LogP contribution in [0.3, 0.4) is 0 Å². The van der Waals surface area contributed by atoms with Crippen LogP contribution in [0.2, 0.25) is 0 Å². The molecule has 0 saturated carbocycles. The summed E-state index contributed by atoms with van der Waals surface area (Å²) < 4.78 is 96.2. The van der Waals surface area contributed by atoms with Crippen molar-refractivity contribution in [2.24, 2.45) is 0 Å². The van der Waals surface area contributed by atoms with Crippen molar-refractivity contribution >= 4 is 46.8 Å². The lowest BCUT2D eigenvalue weighted by Crippen LogP contribution is -2.12. The van der Waals surface area contributed by atoms with E-state index in [1.54, 1.807) is 0 Å². The lowest BCUT2D eigenvalue weighted by molar-refractivity contribution is 0.467. The Hall–Kier alpha value is -1.77. The van der Waals surface area contributed by atoms with Crippen molar-refractivity contribution in [2.75, 3.05) is 5.73 Å². The summed E-state index contributed by atoms with van der Waals surface area (Å²) >= 11 is 0. The molecule has 0 radical (unpaired) electrons. The van der Waals surface area contributed by atoms with E-state index in [2.05, 4.69) is 0 Å². The predicted molar refractivity (Wildman–Crippen MR) is 77.8 cm³/mol. The van der Waals surface area contributed by atoms with Crippen molar-refractivity contribution in [2.45, 2.75) is 14.7 Å². The van der Waals surface area contributed by atoms with E-state index in [0.29, 0.717) is 6.07 Å². The van der Waals surface area contributed by atoms with Crippen LogP contribution in [0, 0.1) is 0 Å². The summed E-state index contributed by atoms with van der Waals surface area (Å²) in [5, 5.41) is -1.12. The molecular formula is C10H9NO9S3. The van der Waals surface area contributed by atoms with Crippen LogP contribution in [0.5, 0.6) is 0 Å². The highest BCUT2D eigenvalue weighted by molar-refractivity contribution is 7.89.